The molecule has 9 heteroatoms. The minimum Gasteiger partial charge on any atom is -0.392 e. The molecular weight excluding hydrogens is 328 g/mol. The largest absolute Gasteiger partial charge is 0.392 e. The van der Waals surface area contributed by atoms with Gasteiger partial charge in [-0.1, -0.05) is 0 Å². The molecule has 0 bridgehead atoms. The molecule has 2 saturated carbocycles. The number of aliphatic hydroxyl groups excluding tert-OH is 1. The first-order valence-corrected chi connectivity index (χ1v) is 10.7. The fourth-order valence-corrected chi connectivity index (χ4v) is 8.01. The zero-order valence-electron chi connectivity index (χ0n) is 11.9. The van der Waals surface area contributed by atoms with Crippen LogP contribution in [0.5, 0.6) is 0 Å². The maximum absolute atomic E-state index is 12.8. The van der Waals surface area contributed by atoms with E-state index in [0.717, 1.165) is 25.7 Å². The molecule has 6 nitrogen and oxygen atoms in total. The van der Waals surface area contributed by atoms with Crippen molar-refractivity contribution in [3.05, 3.63) is 12.5 Å². The van der Waals surface area contributed by atoms with Crippen molar-refractivity contribution in [1.29, 1.82) is 0 Å². The van der Waals surface area contributed by atoms with Crippen molar-refractivity contribution in [2.24, 2.45) is 0 Å². The summed E-state index contributed by atoms with van der Waals surface area (Å²) in [5.74, 6) is 0. The summed E-state index contributed by atoms with van der Waals surface area (Å²) in [5.41, 5.74) is 1.12. The Morgan fingerprint density at radius 2 is 1.95 bits per heavy atom. The number of hydrogen-bond acceptors (Lipinski definition) is 4. The Morgan fingerprint density at radius 1 is 1.38 bits per heavy atom. The predicted molar refractivity (Wildman–Crippen MR) is 85.6 cm³/mol. The second-order valence-electron chi connectivity index (χ2n) is 5.83. The van der Waals surface area contributed by atoms with Crippen LogP contribution in [-0.2, 0) is 16.6 Å². The third-order valence-corrected chi connectivity index (χ3v) is 9.77. The zero-order chi connectivity index (χ0) is 15.0. The van der Waals surface area contributed by atoms with Gasteiger partial charge in [-0.2, -0.15) is 3.85 Å². The van der Waals surface area contributed by atoms with Crippen LogP contribution in [0.25, 0.3) is 0 Å². The van der Waals surface area contributed by atoms with Gasteiger partial charge in [0.25, 0.3) is 10.0 Å². The molecule has 0 aromatic carbocycles. The van der Waals surface area contributed by atoms with Crippen LogP contribution >= 0.6 is 17.5 Å². The van der Waals surface area contributed by atoms with Gasteiger partial charge < -0.3 is 9.67 Å². The van der Waals surface area contributed by atoms with Crippen molar-refractivity contribution in [3.8, 4) is 0 Å². The molecule has 118 valence electrons. The van der Waals surface area contributed by atoms with Gasteiger partial charge in [0.2, 0.25) is 0 Å². The monoisotopic (exact) mass is 349 g/mol. The van der Waals surface area contributed by atoms with Crippen molar-refractivity contribution >= 4 is 27.5 Å². The van der Waals surface area contributed by atoms with E-state index < -0.39 is 16.1 Å². The first-order valence-electron chi connectivity index (χ1n) is 7.22. The normalized spacial score (nSPS) is 22.0. The third-order valence-electron chi connectivity index (χ3n) is 3.34. The molecule has 1 aromatic heterocycles. The van der Waals surface area contributed by atoms with E-state index in [4.69, 9.17) is 0 Å². The van der Waals surface area contributed by atoms with Crippen LogP contribution < -0.4 is 0 Å². The summed E-state index contributed by atoms with van der Waals surface area (Å²) in [4.78, 5) is 4.05. The lowest BCUT2D eigenvalue weighted by Crippen LogP contribution is -2.18. The van der Waals surface area contributed by atoms with Crippen molar-refractivity contribution in [2.75, 3.05) is 0 Å². The molecule has 0 aliphatic heterocycles. The van der Waals surface area contributed by atoms with E-state index >= 15 is 0 Å². The molecule has 2 unspecified atom stereocenters. The lowest BCUT2D eigenvalue weighted by molar-refractivity contribution is 0.173. The first kappa shape index (κ1) is 15.8. The van der Waals surface area contributed by atoms with Gasteiger partial charge >= 0.3 is 0 Å². The lowest BCUT2D eigenvalue weighted by atomic mass is 10.4. The maximum atomic E-state index is 12.8. The highest BCUT2D eigenvalue weighted by atomic mass is 32.2. The fourth-order valence-electron chi connectivity index (χ4n) is 1.90. The minimum absolute atomic E-state index is 0.115. The highest BCUT2D eigenvalue weighted by Gasteiger charge is 2.36. The lowest BCUT2D eigenvalue weighted by Gasteiger charge is -2.20. The topological polar surface area (TPSA) is 75.4 Å². The Balaban J connectivity index is 1.76. The van der Waals surface area contributed by atoms with Crippen LogP contribution in [0.15, 0.2) is 17.6 Å². The summed E-state index contributed by atoms with van der Waals surface area (Å²) in [6, 6.07) is 0. The molecule has 0 amide bonds. The number of aromatic nitrogens is 2. The molecule has 0 radical (unpaired) electrons. The quantitative estimate of drug-likeness (QED) is 0.726. The Morgan fingerprint density at radius 3 is 2.43 bits per heavy atom. The Hall–Kier alpha value is -0.0600. The molecule has 1 N–H and O–H groups in total. The second kappa shape index (κ2) is 6.21. The van der Waals surface area contributed by atoms with Gasteiger partial charge in [0.05, 0.1) is 12.4 Å². The van der Waals surface area contributed by atoms with E-state index in [1.165, 1.54) is 12.5 Å². The van der Waals surface area contributed by atoms with E-state index in [1.807, 2.05) is 0 Å². The number of rotatable bonds is 8. The SMILES string of the molecule is C[C@H](O)Cn1cnc(S(=O)(=O)N(PC2CC2)PC2CC2)c1. The smallest absolute Gasteiger partial charge is 0.268 e. The van der Waals surface area contributed by atoms with Crippen molar-refractivity contribution in [1.82, 2.24) is 13.4 Å². The van der Waals surface area contributed by atoms with E-state index in [1.54, 1.807) is 15.3 Å². The average Bonchev–Trinajstić information content (AvgIpc) is 3.31. The molecule has 0 saturated heterocycles. The van der Waals surface area contributed by atoms with Crippen LogP contribution in [0.4, 0.5) is 0 Å². The van der Waals surface area contributed by atoms with Crippen LogP contribution in [0, 0.1) is 0 Å². The summed E-state index contributed by atoms with van der Waals surface area (Å²) < 4.78 is 28.8. The average molecular weight is 349 g/mol. The number of aliphatic hydroxyl groups is 1. The molecule has 1 heterocycles. The van der Waals surface area contributed by atoms with E-state index in [9.17, 15) is 13.5 Å². The molecule has 1 aromatic rings. The number of nitrogens with zero attached hydrogens (tertiary/aromatic N) is 3. The summed E-state index contributed by atoms with van der Waals surface area (Å²) >= 11 is 0. The van der Waals surface area contributed by atoms with Gasteiger partial charge in [0.1, 0.15) is 0 Å². The van der Waals surface area contributed by atoms with Gasteiger partial charge in [-0.3, -0.25) is 0 Å². The third kappa shape index (κ3) is 4.23. The Bertz CT molecular complexity index is 583. The van der Waals surface area contributed by atoms with Gasteiger partial charge in [-0.15, -0.1) is 0 Å². The Labute approximate surface area is 129 Å². The van der Waals surface area contributed by atoms with E-state index in [0.29, 0.717) is 35.3 Å². The predicted octanol–water partition coefficient (Wildman–Crippen LogP) is 1.77. The van der Waals surface area contributed by atoms with Gasteiger partial charge in [-0.25, -0.2) is 13.4 Å². The second-order valence-corrected chi connectivity index (χ2v) is 11.7. The van der Waals surface area contributed by atoms with Crippen LogP contribution in [-0.4, -0.2) is 44.3 Å². The van der Waals surface area contributed by atoms with E-state index in [-0.39, 0.29) is 5.03 Å². The molecule has 2 aliphatic rings. The van der Waals surface area contributed by atoms with Crippen LogP contribution in [0.1, 0.15) is 32.6 Å². The van der Waals surface area contributed by atoms with Gasteiger partial charge in [0.15, 0.2) is 5.03 Å². The molecule has 0 spiro atoms. The van der Waals surface area contributed by atoms with Crippen LogP contribution in [0.3, 0.4) is 0 Å². The van der Waals surface area contributed by atoms with Crippen molar-refractivity contribution < 1.29 is 13.5 Å². The summed E-state index contributed by atoms with van der Waals surface area (Å²) in [5, 5.41) is 9.49. The fraction of sp³-hybridized carbons (Fsp3) is 0.750. The van der Waals surface area contributed by atoms with Crippen LogP contribution in [0.2, 0.25) is 0 Å². The summed E-state index contributed by atoms with van der Waals surface area (Å²) in [6.45, 7) is 2.03. The maximum Gasteiger partial charge on any atom is 0.268 e. The molecule has 3 atom stereocenters. The summed E-state index contributed by atoms with van der Waals surface area (Å²) in [7, 11) is -2.75. The number of imidazole rings is 1. The molecule has 2 aliphatic carbocycles. The summed E-state index contributed by atoms with van der Waals surface area (Å²) in [6.07, 6.45) is 7.09. The van der Waals surface area contributed by atoms with Crippen molar-refractivity contribution in [2.45, 2.75) is 61.6 Å². The molecule has 3 rings (SSSR count). The van der Waals surface area contributed by atoms with Gasteiger partial charge in [-0.05, 0) is 61.4 Å². The highest BCUT2D eigenvalue weighted by Crippen LogP contribution is 2.54. The number of sulfonamides is 1. The Kier molecular flexibility index (Phi) is 4.68. The van der Waals surface area contributed by atoms with Crippen molar-refractivity contribution in [3.63, 3.8) is 0 Å². The standard InChI is InChI=1S/C12H21N3O3P2S/c1-9(16)6-14-7-12(13-8-14)21(17,18)15(19-10-2-3-10)20-11-4-5-11/h7-11,16,19-20H,2-6H2,1H3/t9-/m0/s1. The molecule has 2 fully saturated rings. The first-order chi connectivity index (χ1) is 9.95. The zero-order valence-corrected chi connectivity index (χ0v) is 14.8. The molecular formula is C12H21N3O3P2S. The highest BCUT2D eigenvalue weighted by molar-refractivity contribution is 7.97. The molecule has 21 heavy (non-hydrogen) atoms. The number of hydrogen-bond donors (Lipinski definition) is 1. The van der Waals surface area contributed by atoms with Gasteiger partial charge in [0, 0.05) is 12.7 Å². The minimum atomic E-state index is -3.48. The van der Waals surface area contributed by atoms with E-state index in [2.05, 4.69) is 4.98 Å².